The largest absolute Gasteiger partial charge is 0.465 e. The van der Waals surface area contributed by atoms with Crippen molar-refractivity contribution in [1.29, 1.82) is 0 Å². The number of carboxylic acid groups (broad SMARTS) is 1. The van der Waals surface area contributed by atoms with Crippen LogP contribution in [0.4, 0.5) is 9.59 Å². The monoisotopic (exact) mass is 714 g/mol. The molecule has 0 saturated carbocycles. The summed E-state index contributed by atoms with van der Waals surface area (Å²) < 4.78 is 0. The molecule has 0 aliphatic carbocycles. The Morgan fingerprint density at radius 2 is 1.37 bits per heavy atom. The minimum Gasteiger partial charge on any atom is -0.465 e. The molecule has 1 aromatic heterocycles. The molecule has 1 saturated heterocycles. The van der Waals surface area contributed by atoms with Crippen LogP contribution in [0.3, 0.4) is 0 Å². The molecule has 12 heteroatoms. The predicted molar refractivity (Wildman–Crippen MR) is 199 cm³/mol. The Hall–Kier alpha value is -4.97. The molecule has 5 amide bonds. The minimum atomic E-state index is -1.33. The smallest absolute Gasteiger partial charge is 0.405 e. The molecule has 0 unspecified atom stereocenters. The second-order valence-corrected chi connectivity index (χ2v) is 15.8. The normalized spacial score (nSPS) is 16.4. The number of aliphatic hydroxyl groups excluding tert-OH is 1. The van der Waals surface area contributed by atoms with Gasteiger partial charge in [0, 0.05) is 38.1 Å². The van der Waals surface area contributed by atoms with Crippen molar-refractivity contribution in [2.75, 3.05) is 13.1 Å². The Bertz CT molecular complexity index is 1630. The van der Waals surface area contributed by atoms with E-state index in [-0.39, 0.29) is 24.8 Å². The lowest BCUT2D eigenvalue weighted by molar-refractivity contribution is -0.130. The first kappa shape index (κ1) is 39.8. The van der Waals surface area contributed by atoms with E-state index in [2.05, 4.69) is 20.9 Å². The van der Waals surface area contributed by atoms with Gasteiger partial charge < -0.3 is 36.0 Å². The molecule has 2 aromatic carbocycles. The fourth-order valence-corrected chi connectivity index (χ4v) is 6.75. The fourth-order valence-electron chi connectivity index (χ4n) is 6.75. The highest BCUT2D eigenvalue weighted by Gasteiger charge is 2.44. The summed E-state index contributed by atoms with van der Waals surface area (Å²) >= 11 is 0. The van der Waals surface area contributed by atoms with Crippen molar-refractivity contribution in [3.05, 3.63) is 102 Å². The number of aromatic nitrogens is 1. The van der Waals surface area contributed by atoms with Crippen LogP contribution in [0.2, 0.25) is 0 Å². The lowest BCUT2D eigenvalue weighted by Gasteiger charge is -2.38. The van der Waals surface area contributed by atoms with Crippen molar-refractivity contribution in [2.24, 2.45) is 10.8 Å². The van der Waals surface area contributed by atoms with Crippen molar-refractivity contribution >= 4 is 23.9 Å². The van der Waals surface area contributed by atoms with Gasteiger partial charge in [-0.15, -0.1) is 0 Å². The molecule has 12 nitrogen and oxygen atoms in total. The number of hydrogen-bond acceptors (Lipinski definition) is 6. The van der Waals surface area contributed by atoms with Crippen LogP contribution in [0.25, 0.3) is 0 Å². The summed E-state index contributed by atoms with van der Waals surface area (Å²) in [6, 6.07) is 19.2. The van der Waals surface area contributed by atoms with E-state index in [1.54, 1.807) is 43.0 Å². The molecular formula is C40H54N6O6. The van der Waals surface area contributed by atoms with Crippen molar-refractivity contribution in [2.45, 2.75) is 97.6 Å². The van der Waals surface area contributed by atoms with Gasteiger partial charge in [0.2, 0.25) is 11.8 Å². The molecule has 5 atom stereocenters. The average molecular weight is 715 g/mol. The summed E-state index contributed by atoms with van der Waals surface area (Å²) in [5.74, 6) is -0.894. The third-order valence-electron chi connectivity index (χ3n) is 9.29. The maximum Gasteiger partial charge on any atom is 0.405 e. The highest BCUT2D eigenvalue weighted by molar-refractivity contribution is 5.89. The first-order chi connectivity index (χ1) is 24.5. The van der Waals surface area contributed by atoms with E-state index < -0.39 is 53.1 Å². The van der Waals surface area contributed by atoms with Gasteiger partial charge in [-0.2, -0.15) is 0 Å². The molecule has 0 bridgehead atoms. The third-order valence-corrected chi connectivity index (χ3v) is 9.29. The van der Waals surface area contributed by atoms with E-state index in [1.807, 2.05) is 93.6 Å². The minimum absolute atomic E-state index is 0.0723. The van der Waals surface area contributed by atoms with Crippen LogP contribution >= 0.6 is 0 Å². The number of hydrogen-bond donors (Lipinski definition) is 5. The molecule has 0 radical (unpaired) electrons. The third kappa shape index (κ3) is 11.3. The Morgan fingerprint density at radius 1 is 0.769 bits per heavy atom. The summed E-state index contributed by atoms with van der Waals surface area (Å²) in [6.45, 7) is 12.3. The predicted octanol–water partition coefficient (Wildman–Crippen LogP) is 4.62. The van der Waals surface area contributed by atoms with E-state index in [1.165, 1.54) is 0 Å². The summed E-state index contributed by atoms with van der Waals surface area (Å²) in [5.41, 5.74) is 1.33. The van der Waals surface area contributed by atoms with Crippen molar-refractivity contribution < 1.29 is 29.4 Å². The van der Waals surface area contributed by atoms with Crippen LogP contribution in [0, 0.1) is 10.8 Å². The molecule has 52 heavy (non-hydrogen) atoms. The molecule has 1 fully saturated rings. The van der Waals surface area contributed by atoms with E-state index in [0.717, 1.165) is 16.7 Å². The Balaban J connectivity index is 1.59. The van der Waals surface area contributed by atoms with Crippen LogP contribution in [0.1, 0.15) is 64.7 Å². The maximum absolute atomic E-state index is 14.4. The van der Waals surface area contributed by atoms with Crippen LogP contribution < -0.4 is 16.0 Å². The van der Waals surface area contributed by atoms with Gasteiger partial charge in [0.05, 0.1) is 12.1 Å². The van der Waals surface area contributed by atoms with E-state index in [9.17, 15) is 29.4 Å². The van der Waals surface area contributed by atoms with Crippen LogP contribution in [-0.4, -0.2) is 92.3 Å². The first-order valence-corrected chi connectivity index (χ1v) is 17.8. The maximum atomic E-state index is 14.4. The van der Waals surface area contributed by atoms with Gasteiger partial charge >= 0.3 is 12.1 Å². The van der Waals surface area contributed by atoms with Crippen molar-refractivity contribution in [3.63, 3.8) is 0 Å². The molecule has 1 aliphatic heterocycles. The Kier molecular flexibility index (Phi) is 13.4. The lowest BCUT2D eigenvalue weighted by Crippen LogP contribution is -2.59. The molecule has 0 spiro atoms. The summed E-state index contributed by atoms with van der Waals surface area (Å²) in [4.78, 5) is 60.9. The zero-order valence-electron chi connectivity index (χ0n) is 31.1. The van der Waals surface area contributed by atoms with Gasteiger partial charge in [-0.3, -0.25) is 14.6 Å². The number of aliphatic hydroxyl groups is 1. The van der Waals surface area contributed by atoms with Crippen LogP contribution in [0.5, 0.6) is 0 Å². The number of nitrogens with zero attached hydrogens (tertiary/aromatic N) is 3. The summed E-state index contributed by atoms with van der Waals surface area (Å²) in [6.07, 6.45) is 1.67. The number of pyridine rings is 1. The Labute approximate surface area is 307 Å². The fraction of sp³-hybridized carbons (Fsp3) is 0.475. The van der Waals surface area contributed by atoms with E-state index in [0.29, 0.717) is 26.1 Å². The molecule has 3 aromatic rings. The van der Waals surface area contributed by atoms with Crippen LogP contribution in [0.15, 0.2) is 85.2 Å². The van der Waals surface area contributed by atoms with Gasteiger partial charge in [0.15, 0.2) is 0 Å². The number of carbonyl (C=O) groups excluding carboxylic acids is 3. The molecular weight excluding hydrogens is 660 g/mol. The zero-order valence-corrected chi connectivity index (χ0v) is 31.1. The highest BCUT2D eigenvalue weighted by Crippen LogP contribution is 2.29. The van der Waals surface area contributed by atoms with Gasteiger partial charge in [-0.25, -0.2) is 9.59 Å². The number of carbonyl (C=O) groups is 4. The molecule has 1 aliphatic rings. The number of urea groups is 1. The van der Waals surface area contributed by atoms with Crippen molar-refractivity contribution in [1.82, 2.24) is 30.7 Å². The molecule has 280 valence electrons. The topological polar surface area (TPSA) is 164 Å². The second-order valence-electron chi connectivity index (χ2n) is 15.8. The van der Waals surface area contributed by atoms with E-state index >= 15 is 0 Å². The zero-order chi connectivity index (χ0) is 38.1. The number of amides is 5. The van der Waals surface area contributed by atoms with Crippen LogP contribution in [-0.2, 0) is 29.0 Å². The Morgan fingerprint density at radius 3 is 1.90 bits per heavy atom. The molecule has 2 heterocycles. The summed E-state index contributed by atoms with van der Waals surface area (Å²) in [7, 11) is 0. The SMILES string of the molecule is CC(C)(C)[C@H](NC(=O)O)C(=O)N[C@@H](Cc1ccccc1)[C@@H](O)C[C@H](Cc1ccccc1)NC(=O)[C@@H](N1CCN(Cc2cccnc2)C1=O)C(C)(C)C. The lowest BCUT2D eigenvalue weighted by atomic mass is 9.84. The van der Waals surface area contributed by atoms with Gasteiger partial charge in [-0.05, 0) is 52.8 Å². The average Bonchev–Trinajstić information content (AvgIpc) is 3.41. The quantitative estimate of drug-likeness (QED) is 0.153. The second kappa shape index (κ2) is 17.5. The molecule has 5 N–H and O–H groups in total. The van der Waals surface area contributed by atoms with E-state index in [4.69, 9.17) is 0 Å². The number of benzene rings is 2. The van der Waals surface area contributed by atoms with Gasteiger partial charge in [-0.1, -0.05) is 108 Å². The van der Waals surface area contributed by atoms with Gasteiger partial charge in [0.1, 0.15) is 12.1 Å². The first-order valence-electron chi connectivity index (χ1n) is 17.8. The standard InChI is InChI=1S/C40H54N6O6/c1-39(2,3)33(44-37(50)51)35(48)43-31(23-28-16-11-8-12-17-28)32(47)24-30(22-27-14-9-7-10-15-27)42-36(49)34(40(4,5)6)46-21-20-45(38(46)52)26-29-18-13-19-41-25-29/h7-19,25,30-34,44,47H,20-24,26H2,1-6H3,(H,42,49)(H,43,48)(H,50,51)/t30-,31-,32-,33+,34+/m0/s1. The highest BCUT2D eigenvalue weighted by atomic mass is 16.4. The molecule has 4 rings (SSSR count). The van der Waals surface area contributed by atoms with Crippen molar-refractivity contribution in [3.8, 4) is 0 Å². The number of rotatable bonds is 15. The summed E-state index contributed by atoms with van der Waals surface area (Å²) in [5, 5.41) is 29.8. The number of nitrogens with one attached hydrogen (secondary N) is 3. The van der Waals surface area contributed by atoms with Gasteiger partial charge in [0.25, 0.3) is 0 Å².